The molecule has 1 amide bonds. The van der Waals surface area contributed by atoms with E-state index in [4.69, 9.17) is 21.1 Å². The zero-order valence-electron chi connectivity index (χ0n) is 17.5. The average Bonchev–Trinajstić information content (AvgIpc) is 2.84. The Hall–Kier alpha value is -3.18. The van der Waals surface area contributed by atoms with Gasteiger partial charge in [0.2, 0.25) is 0 Å². The second-order valence-corrected chi connectivity index (χ2v) is 7.83. The van der Waals surface area contributed by atoms with Crippen molar-refractivity contribution in [3.05, 3.63) is 88.9 Å². The molecule has 3 aromatic rings. The maximum Gasteiger partial charge on any atom is 0.254 e. The average molecular weight is 437 g/mol. The van der Waals surface area contributed by atoms with Crippen LogP contribution >= 0.6 is 11.6 Å². The van der Waals surface area contributed by atoms with Crippen LogP contribution in [0.2, 0.25) is 5.02 Å². The highest BCUT2D eigenvalue weighted by Crippen LogP contribution is 2.30. The molecule has 0 unspecified atom stereocenters. The van der Waals surface area contributed by atoms with Gasteiger partial charge in [-0.1, -0.05) is 41.9 Å². The van der Waals surface area contributed by atoms with Crippen LogP contribution in [0.5, 0.6) is 11.5 Å². The van der Waals surface area contributed by atoms with Crippen LogP contribution in [0.3, 0.4) is 0 Å². The maximum atomic E-state index is 13.0. The van der Waals surface area contributed by atoms with E-state index in [1.54, 1.807) is 25.3 Å². The first-order chi connectivity index (χ1) is 15.1. The van der Waals surface area contributed by atoms with Crippen molar-refractivity contribution in [3.8, 4) is 11.5 Å². The number of carbonyl (C=O) groups is 1. The van der Waals surface area contributed by atoms with E-state index in [0.717, 1.165) is 18.7 Å². The van der Waals surface area contributed by atoms with Gasteiger partial charge in [0.1, 0.15) is 6.61 Å². The lowest BCUT2D eigenvalue weighted by Gasteiger charge is -2.36. The second kappa shape index (κ2) is 9.75. The van der Waals surface area contributed by atoms with Gasteiger partial charge >= 0.3 is 0 Å². The summed E-state index contributed by atoms with van der Waals surface area (Å²) in [5.41, 5.74) is 2.80. The third-order valence-corrected chi connectivity index (χ3v) is 5.66. The van der Waals surface area contributed by atoms with Crippen LogP contribution in [0, 0.1) is 0 Å². The van der Waals surface area contributed by atoms with Gasteiger partial charge in [0.25, 0.3) is 5.91 Å². The summed E-state index contributed by atoms with van der Waals surface area (Å²) in [6, 6.07) is 23.1. The lowest BCUT2D eigenvalue weighted by atomic mass is 10.1. The first-order valence-electron chi connectivity index (χ1n) is 10.3. The molecule has 0 atom stereocenters. The quantitative estimate of drug-likeness (QED) is 0.551. The van der Waals surface area contributed by atoms with Gasteiger partial charge in [-0.15, -0.1) is 0 Å². The Morgan fingerprint density at radius 2 is 1.61 bits per heavy atom. The number of amides is 1. The zero-order chi connectivity index (χ0) is 21.6. The fourth-order valence-electron chi connectivity index (χ4n) is 3.65. The third kappa shape index (κ3) is 5.12. The zero-order valence-corrected chi connectivity index (χ0v) is 18.2. The van der Waals surface area contributed by atoms with Crippen molar-refractivity contribution in [1.29, 1.82) is 0 Å². The summed E-state index contributed by atoms with van der Waals surface area (Å²) < 4.78 is 11.4. The summed E-state index contributed by atoms with van der Waals surface area (Å²) in [6.07, 6.45) is 0. The minimum Gasteiger partial charge on any atom is -0.493 e. The molecule has 0 aromatic heterocycles. The standard InChI is InChI=1S/C25H25ClN2O3/c1-30-24-17-20(9-12-23(24)31-18-19-7-10-21(26)11-8-19)25(29)28-15-13-27(14-16-28)22-5-3-2-4-6-22/h2-12,17H,13-16,18H2,1H3. The number of carbonyl (C=O) groups excluding carboxylic acids is 1. The number of piperazine rings is 1. The normalized spacial score (nSPS) is 13.7. The van der Waals surface area contributed by atoms with Crippen LogP contribution in [0.1, 0.15) is 15.9 Å². The Morgan fingerprint density at radius 3 is 2.29 bits per heavy atom. The first-order valence-corrected chi connectivity index (χ1v) is 10.7. The van der Waals surface area contributed by atoms with Crippen molar-refractivity contribution in [2.24, 2.45) is 0 Å². The van der Waals surface area contributed by atoms with E-state index in [1.807, 2.05) is 47.4 Å². The van der Waals surface area contributed by atoms with E-state index in [1.165, 1.54) is 5.69 Å². The molecule has 0 saturated carbocycles. The van der Waals surface area contributed by atoms with Crippen molar-refractivity contribution >= 4 is 23.2 Å². The Bertz CT molecular complexity index is 1020. The molecule has 6 heteroatoms. The predicted molar refractivity (Wildman–Crippen MR) is 123 cm³/mol. The SMILES string of the molecule is COc1cc(C(=O)N2CCN(c3ccccc3)CC2)ccc1OCc1ccc(Cl)cc1. The fourth-order valence-corrected chi connectivity index (χ4v) is 3.78. The van der Waals surface area contributed by atoms with E-state index >= 15 is 0 Å². The summed E-state index contributed by atoms with van der Waals surface area (Å²) in [7, 11) is 1.58. The smallest absolute Gasteiger partial charge is 0.254 e. The summed E-state index contributed by atoms with van der Waals surface area (Å²) in [6.45, 7) is 3.39. The molecule has 3 aromatic carbocycles. The molecule has 0 bridgehead atoms. The fraction of sp³-hybridized carbons (Fsp3) is 0.240. The van der Waals surface area contributed by atoms with Crippen LogP contribution in [0.15, 0.2) is 72.8 Å². The topological polar surface area (TPSA) is 42.0 Å². The highest BCUT2D eigenvalue weighted by molar-refractivity contribution is 6.30. The number of anilines is 1. The molecule has 4 rings (SSSR count). The molecule has 1 aliphatic rings. The number of halogens is 1. The van der Waals surface area contributed by atoms with Crippen molar-refractivity contribution in [2.45, 2.75) is 6.61 Å². The number of para-hydroxylation sites is 1. The van der Waals surface area contributed by atoms with E-state index in [2.05, 4.69) is 17.0 Å². The molecule has 0 spiro atoms. The van der Waals surface area contributed by atoms with Gasteiger partial charge in [0.05, 0.1) is 7.11 Å². The molecule has 0 radical (unpaired) electrons. The highest BCUT2D eigenvalue weighted by Gasteiger charge is 2.23. The third-order valence-electron chi connectivity index (χ3n) is 5.41. The number of rotatable bonds is 6. The van der Waals surface area contributed by atoms with Gasteiger partial charge in [0.15, 0.2) is 11.5 Å². The number of nitrogens with zero attached hydrogens (tertiary/aromatic N) is 2. The number of hydrogen-bond acceptors (Lipinski definition) is 4. The van der Waals surface area contributed by atoms with Crippen LogP contribution in [0.4, 0.5) is 5.69 Å². The number of benzene rings is 3. The summed E-state index contributed by atoms with van der Waals surface area (Å²) in [5, 5.41) is 0.689. The van der Waals surface area contributed by atoms with Gasteiger partial charge < -0.3 is 19.3 Å². The van der Waals surface area contributed by atoms with Crippen LogP contribution in [0.25, 0.3) is 0 Å². The van der Waals surface area contributed by atoms with Crippen LogP contribution < -0.4 is 14.4 Å². The van der Waals surface area contributed by atoms with Gasteiger partial charge in [0, 0.05) is 42.5 Å². The van der Waals surface area contributed by atoms with Gasteiger partial charge in [-0.05, 0) is 48.0 Å². The monoisotopic (exact) mass is 436 g/mol. The molecule has 5 nitrogen and oxygen atoms in total. The van der Waals surface area contributed by atoms with Crippen molar-refractivity contribution in [3.63, 3.8) is 0 Å². The Kier molecular flexibility index (Phi) is 6.63. The molecule has 1 fully saturated rings. The Labute approximate surface area is 187 Å². The van der Waals surface area contributed by atoms with Gasteiger partial charge in [-0.2, -0.15) is 0 Å². The minimum atomic E-state index is 0.00950. The molecular formula is C25H25ClN2O3. The Balaban J connectivity index is 1.39. The molecule has 31 heavy (non-hydrogen) atoms. The van der Waals surface area contributed by atoms with E-state index in [9.17, 15) is 4.79 Å². The maximum absolute atomic E-state index is 13.0. The van der Waals surface area contributed by atoms with Crippen molar-refractivity contribution in [1.82, 2.24) is 4.90 Å². The lowest BCUT2D eigenvalue weighted by Crippen LogP contribution is -2.48. The minimum absolute atomic E-state index is 0.00950. The molecule has 1 saturated heterocycles. The largest absolute Gasteiger partial charge is 0.493 e. The first kappa shape index (κ1) is 21.1. The lowest BCUT2D eigenvalue weighted by molar-refractivity contribution is 0.0746. The molecule has 1 heterocycles. The van der Waals surface area contributed by atoms with E-state index in [-0.39, 0.29) is 5.91 Å². The van der Waals surface area contributed by atoms with Gasteiger partial charge in [-0.25, -0.2) is 0 Å². The summed E-state index contributed by atoms with van der Waals surface area (Å²) in [5.74, 6) is 1.15. The number of methoxy groups -OCH3 is 1. The van der Waals surface area contributed by atoms with Crippen LogP contribution in [-0.4, -0.2) is 44.1 Å². The molecular weight excluding hydrogens is 412 g/mol. The van der Waals surface area contributed by atoms with E-state index in [0.29, 0.717) is 41.8 Å². The number of ether oxygens (including phenoxy) is 2. The van der Waals surface area contributed by atoms with E-state index < -0.39 is 0 Å². The molecule has 160 valence electrons. The molecule has 0 N–H and O–H groups in total. The summed E-state index contributed by atoms with van der Waals surface area (Å²) >= 11 is 5.93. The predicted octanol–water partition coefficient (Wildman–Crippen LogP) is 4.89. The second-order valence-electron chi connectivity index (χ2n) is 7.40. The van der Waals surface area contributed by atoms with Gasteiger partial charge in [-0.3, -0.25) is 4.79 Å². The number of hydrogen-bond donors (Lipinski definition) is 0. The molecule has 1 aliphatic heterocycles. The van der Waals surface area contributed by atoms with Crippen molar-refractivity contribution < 1.29 is 14.3 Å². The Morgan fingerprint density at radius 1 is 0.903 bits per heavy atom. The highest BCUT2D eigenvalue weighted by atomic mass is 35.5. The van der Waals surface area contributed by atoms with Crippen molar-refractivity contribution in [2.75, 3.05) is 38.2 Å². The van der Waals surface area contributed by atoms with Crippen LogP contribution in [-0.2, 0) is 6.61 Å². The molecule has 0 aliphatic carbocycles. The summed E-state index contributed by atoms with van der Waals surface area (Å²) in [4.78, 5) is 17.2.